The van der Waals surface area contributed by atoms with Crippen molar-refractivity contribution in [3.8, 4) is 0 Å². The van der Waals surface area contributed by atoms with Crippen molar-refractivity contribution in [1.29, 1.82) is 0 Å². The van der Waals surface area contributed by atoms with E-state index in [2.05, 4.69) is 25.7 Å². The molecule has 2 heterocycles. The molecule has 0 unspecified atom stereocenters. The average molecular weight is 424 g/mol. The highest BCUT2D eigenvalue weighted by Gasteiger charge is 2.14. The molecule has 7 nitrogen and oxygen atoms in total. The number of benzene rings is 1. The zero-order chi connectivity index (χ0) is 19.8. The van der Waals surface area contributed by atoms with E-state index in [0.29, 0.717) is 28.7 Å². The number of anilines is 1. The zero-order valence-electron chi connectivity index (χ0n) is 15.3. The average Bonchev–Trinajstić information content (AvgIpc) is 3.36. The first-order valence-corrected chi connectivity index (χ1v) is 11.0. The maximum atomic E-state index is 12.9. The maximum Gasteiger partial charge on any atom is 0.286 e. The molecule has 0 radical (unpaired) electrons. The number of aromatic nitrogens is 2. The van der Waals surface area contributed by atoms with Crippen LogP contribution in [0.25, 0.3) is 0 Å². The molecule has 1 aliphatic heterocycles. The van der Waals surface area contributed by atoms with E-state index in [-0.39, 0.29) is 22.6 Å². The molecule has 0 saturated carbocycles. The van der Waals surface area contributed by atoms with Gasteiger partial charge in [0.15, 0.2) is 0 Å². The smallest absolute Gasteiger partial charge is 0.286 e. The molecule has 0 bridgehead atoms. The minimum absolute atomic E-state index is 0.00277. The topological polar surface area (TPSA) is 87.2 Å². The van der Waals surface area contributed by atoms with Gasteiger partial charge in [0.05, 0.1) is 5.75 Å². The van der Waals surface area contributed by atoms with Crippen LogP contribution >= 0.6 is 23.1 Å². The molecular formula is C18H22FN5O2S2. The molecule has 2 amide bonds. The van der Waals surface area contributed by atoms with Crippen LogP contribution in [0.3, 0.4) is 0 Å². The third kappa shape index (κ3) is 6.54. The summed E-state index contributed by atoms with van der Waals surface area (Å²) in [6.45, 7) is 3.82. The van der Waals surface area contributed by atoms with Gasteiger partial charge in [-0.2, -0.15) is 0 Å². The third-order valence-electron chi connectivity index (χ3n) is 4.17. The summed E-state index contributed by atoms with van der Waals surface area (Å²) in [7, 11) is 0. The summed E-state index contributed by atoms with van der Waals surface area (Å²) in [6, 6.07) is 5.50. The fourth-order valence-corrected chi connectivity index (χ4v) is 4.40. The Morgan fingerprint density at radius 3 is 2.68 bits per heavy atom. The molecule has 1 aromatic heterocycles. The Morgan fingerprint density at radius 1 is 1.18 bits per heavy atom. The van der Waals surface area contributed by atoms with Gasteiger partial charge in [-0.1, -0.05) is 11.3 Å². The van der Waals surface area contributed by atoms with Gasteiger partial charge in [-0.3, -0.25) is 9.59 Å². The van der Waals surface area contributed by atoms with Gasteiger partial charge in [0.1, 0.15) is 10.8 Å². The minimum atomic E-state index is -0.389. The normalized spacial score (nSPS) is 14.2. The summed E-state index contributed by atoms with van der Waals surface area (Å²) in [5.74, 6) is 0.105. The van der Waals surface area contributed by atoms with Crippen molar-refractivity contribution in [3.05, 3.63) is 40.1 Å². The molecule has 3 rings (SSSR count). The summed E-state index contributed by atoms with van der Waals surface area (Å²) in [4.78, 5) is 26.4. The third-order valence-corrected chi connectivity index (χ3v) is 6.22. The summed E-state index contributed by atoms with van der Waals surface area (Å²) >= 11 is 2.62. The van der Waals surface area contributed by atoms with E-state index >= 15 is 0 Å². The number of halogens is 1. The molecule has 1 saturated heterocycles. The standard InChI is InChI=1S/C18H22FN5O2S2/c19-13-3-5-14(6-4-13)21-17(26)18-23-22-16(28-18)12-27-11-15(25)20-7-10-24-8-1-2-9-24/h3-6H,1-2,7-12H2,(H,20,25)(H,21,26). The van der Waals surface area contributed by atoms with Gasteiger partial charge >= 0.3 is 0 Å². The van der Waals surface area contributed by atoms with E-state index < -0.39 is 0 Å². The molecule has 0 aliphatic carbocycles. The summed E-state index contributed by atoms with van der Waals surface area (Å²) in [6.07, 6.45) is 2.49. The Balaban J connectivity index is 1.35. The lowest BCUT2D eigenvalue weighted by molar-refractivity contribution is -0.118. The number of likely N-dealkylation sites (tertiary alicyclic amines) is 1. The molecule has 1 aliphatic rings. The fraction of sp³-hybridized carbons (Fsp3) is 0.444. The molecular weight excluding hydrogens is 401 g/mol. The second-order valence-electron chi connectivity index (χ2n) is 6.35. The number of carbonyl (C=O) groups is 2. The van der Waals surface area contributed by atoms with Gasteiger partial charge in [-0.15, -0.1) is 22.0 Å². The lowest BCUT2D eigenvalue weighted by Gasteiger charge is -2.14. The van der Waals surface area contributed by atoms with E-state index in [1.165, 1.54) is 60.2 Å². The number of hydrogen-bond acceptors (Lipinski definition) is 7. The molecule has 2 aromatic rings. The number of amides is 2. The molecule has 0 spiro atoms. The van der Waals surface area contributed by atoms with Crippen molar-refractivity contribution in [2.75, 3.05) is 37.2 Å². The Labute approximate surface area is 171 Å². The van der Waals surface area contributed by atoms with Gasteiger partial charge in [0.2, 0.25) is 10.9 Å². The van der Waals surface area contributed by atoms with Crippen molar-refractivity contribution in [2.24, 2.45) is 0 Å². The van der Waals surface area contributed by atoms with Crippen LogP contribution in [0.15, 0.2) is 24.3 Å². The van der Waals surface area contributed by atoms with Crippen LogP contribution in [-0.4, -0.2) is 58.8 Å². The molecule has 150 valence electrons. The summed E-state index contributed by atoms with van der Waals surface area (Å²) < 4.78 is 12.9. The first kappa shape index (κ1) is 20.7. The van der Waals surface area contributed by atoms with Gasteiger partial charge in [0.25, 0.3) is 5.91 Å². The Hall–Kier alpha value is -2.04. The largest absolute Gasteiger partial charge is 0.354 e. The number of hydrogen-bond donors (Lipinski definition) is 2. The number of nitrogens with zero attached hydrogens (tertiary/aromatic N) is 3. The Morgan fingerprint density at radius 2 is 1.93 bits per heavy atom. The van der Waals surface area contributed by atoms with Crippen LogP contribution in [0.5, 0.6) is 0 Å². The van der Waals surface area contributed by atoms with E-state index in [0.717, 1.165) is 19.6 Å². The van der Waals surface area contributed by atoms with Gasteiger partial charge in [0, 0.05) is 24.5 Å². The lowest BCUT2D eigenvalue weighted by atomic mass is 10.3. The maximum absolute atomic E-state index is 12.9. The molecule has 1 fully saturated rings. The zero-order valence-corrected chi connectivity index (χ0v) is 17.0. The number of carbonyl (C=O) groups excluding carboxylic acids is 2. The number of rotatable bonds is 9. The van der Waals surface area contributed by atoms with Crippen LogP contribution in [0, 0.1) is 5.82 Å². The van der Waals surface area contributed by atoms with Crippen molar-refractivity contribution >= 4 is 40.6 Å². The van der Waals surface area contributed by atoms with Gasteiger partial charge in [-0.05, 0) is 50.2 Å². The SMILES string of the molecule is O=C(CSCc1nnc(C(=O)Nc2ccc(F)cc2)s1)NCCN1CCCC1. The predicted molar refractivity (Wildman–Crippen MR) is 109 cm³/mol. The highest BCUT2D eigenvalue weighted by molar-refractivity contribution is 7.99. The van der Waals surface area contributed by atoms with Crippen molar-refractivity contribution in [2.45, 2.75) is 18.6 Å². The van der Waals surface area contributed by atoms with Gasteiger partial charge in [-0.25, -0.2) is 4.39 Å². The van der Waals surface area contributed by atoms with E-state index in [9.17, 15) is 14.0 Å². The molecule has 0 atom stereocenters. The van der Waals surface area contributed by atoms with E-state index in [1.807, 2.05) is 0 Å². The van der Waals surface area contributed by atoms with Crippen LogP contribution in [-0.2, 0) is 10.5 Å². The summed E-state index contributed by atoms with van der Waals surface area (Å²) in [5.41, 5.74) is 0.489. The first-order valence-electron chi connectivity index (χ1n) is 9.06. The lowest BCUT2D eigenvalue weighted by Crippen LogP contribution is -2.34. The van der Waals surface area contributed by atoms with Gasteiger partial charge < -0.3 is 15.5 Å². The second-order valence-corrected chi connectivity index (χ2v) is 8.40. The van der Waals surface area contributed by atoms with Crippen LogP contribution < -0.4 is 10.6 Å². The highest BCUT2D eigenvalue weighted by atomic mass is 32.2. The minimum Gasteiger partial charge on any atom is -0.354 e. The van der Waals surface area contributed by atoms with Crippen LogP contribution in [0.2, 0.25) is 0 Å². The molecule has 28 heavy (non-hydrogen) atoms. The van der Waals surface area contributed by atoms with E-state index in [1.54, 1.807) is 0 Å². The molecule has 2 N–H and O–H groups in total. The van der Waals surface area contributed by atoms with Crippen molar-refractivity contribution in [1.82, 2.24) is 20.4 Å². The Bertz CT molecular complexity index is 794. The van der Waals surface area contributed by atoms with Crippen LogP contribution in [0.4, 0.5) is 10.1 Å². The Kier molecular flexibility index (Phi) is 7.75. The van der Waals surface area contributed by atoms with E-state index in [4.69, 9.17) is 0 Å². The highest BCUT2D eigenvalue weighted by Crippen LogP contribution is 2.18. The first-order chi connectivity index (χ1) is 13.6. The number of nitrogens with one attached hydrogen (secondary N) is 2. The quantitative estimate of drug-likeness (QED) is 0.644. The molecule has 1 aromatic carbocycles. The monoisotopic (exact) mass is 423 g/mol. The fourth-order valence-electron chi connectivity index (χ4n) is 2.76. The summed E-state index contributed by atoms with van der Waals surface area (Å²) in [5, 5.41) is 14.4. The van der Waals surface area contributed by atoms with Crippen molar-refractivity contribution < 1.29 is 14.0 Å². The number of thioether (sulfide) groups is 1. The van der Waals surface area contributed by atoms with Crippen molar-refractivity contribution in [3.63, 3.8) is 0 Å². The van der Waals surface area contributed by atoms with Crippen LogP contribution in [0.1, 0.15) is 27.7 Å². The predicted octanol–water partition coefficient (Wildman–Crippen LogP) is 2.37. The molecule has 10 heteroatoms. The second kappa shape index (κ2) is 10.5.